The number of aliphatic hydroxyl groups is 1. The van der Waals surface area contributed by atoms with Gasteiger partial charge in [0, 0.05) is 26.2 Å². The highest BCUT2D eigenvalue weighted by atomic mass is 35.5. The topological polar surface area (TPSA) is 26.7 Å². The van der Waals surface area contributed by atoms with Crippen molar-refractivity contribution in [1.82, 2.24) is 9.80 Å². The van der Waals surface area contributed by atoms with Crippen LogP contribution in [0.4, 0.5) is 0 Å². The molecule has 0 aliphatic carbocycles. The fourth-order valence-corrected chi connectivity index (χ4v) is 2.97. The quantitative estimate of drug-likeness (QED) is 0.368. The van der Waals surface area contributed by atoms with E-state index in [4.69, 9.17) is 0 Å². The molecule has 0 spiro atoms. The lowest BCUT2D eigenvalue weighted by atomic mass is 10.1. The van der Waals surface area contributed by atoms with Gasteiger partial charge in [-0.15, -0.1) is 49.6 Å². The molecule has 1 atom stereocenters. The van der Waals surface area contributed by atoms with Crippen LogP contribution in [0.15, 0.2) is 0 Å². The Balaban J connectivity index is -0.000000367. The molecule has 0 aliphatic rings. The molecule has 166 valence electrons. The Bertz CT molecular complexity index is 242. The molecular weight excluding hydrogens is 414 g/mol. The van der Waals surface area contributed by atoms with Gasteiger partial charge in [-0.3, -0.25) is 0 Å². The van der Waals surface area contributed by atoms with Gasteiger partial charge < -0.3 is 14.9 Å². The van der Waals surface area contributed by atoms with Crippen molar-refractivity contribution in [1.29, 1.82) is 0 Å². The molecule has 0 amide bonds. The lowest BCUT2D eigenvalue weighted by Crippen LogP contribution is -2.43. The van der Waals surface area contributed by atoms with Gasteiger partial charge in [0.25, 0.3) is 0 Å². The first-order chi connectivity index (χ1) is 10.4. The average Bonchev–Trinajstić information content (AvgIpc) is 2.40. The van der Waals surface area contributed by atoms with Crippen LogP contribution >= 0.6 is 49.6 Å². The minimum Gasteiger partial charge on any atom is -0.390 e. The van der Waals surface area contributed by atoms with Gasteiger partial charge in [0.15, 0.2) is 0 Å². The Hall–Kier alpha value is 1.04. The molecule has 0 saturated carbocycles. The summed E-state index contributed by atoms with van der Waals surface area (Å²) in [5, 5.41) is 10.5. The van der Waals surface area contributed by atoms with E-state index in [1.165, 1.54) is 25.7 Å². The average molecular weight is 460 g/mol. The normalized spacial score (nSPS) is 11.7. The highest BCUT2D eigenvalue weighted by Gasteiger charge is 2.17. The zero-order valence-corrected chi connectivity index (χ0v) is 21.0. The maximum absolute atomic E-state index is 10.5. The van der Waals surface area contributed by atoms with Crippen LogP contribution in [0.1, 0.15) is 67.2 Å². The Morgan fingerprint density at radius 3 is 1.27 bits per heavy atom. The van der Waals surface area contributed by atoms with Crippen LogP contribution in [0.2, 0.25) is 0 Å². The second-order valence-corrected chi connectivity index (χ2v) is 7.67. The summed E-state index contributed by atoms with van der Waals surface area (Å²) in [6.07, 6.45) is 4.69. The summed E-state index contributed by atoms with van der Waals surface area (Å²) in [4.78, 5) is 4.90. The van der Waals surface area contributed by atoms with Gasteiger partial charge in [0.05, 0.1) is 6.10 Å². The molecule has 1 N–H and O–H groups in total. The van der Waals surface area contributed by atoms with Crippen LogP contribution in [-0.4, -0.2) is 60.3 Å². The first kappa shape index (κ1) is 37.7. The molecule has 7 heteroatoms. The third-order valence-corrected chi connectivity index (χ3v) is 3.84. The summed E-state index contributed by atoms with van der Waals surface area (Å²) < 4.78 is 0. The largest absolute Gasteiger partial charge is 0.390 e. The molecule has 0 heterocycles. The van der Waals surface area contributed by atoms with Crippen molar-refractivity contribution in [3.63, 3.8) is 0 Å². The zero-order valence-electron chi connectivity index (χ0n) is 17.8. The van der Waals surface area contributed by atoms with Crippen molar-refractivity contribution in [2.24, 2.45) is 11.8 Å². The fraction of sp³-hybridized carbons (Fsp3) is 1.00. The molecule has 0 saturated heterocycles. The van der Waals surface area contributed by atoms with E-state index >= 15 is 0 Å². The molecule has 0 aliphatic heterocycles. The van der Waals surface area contributed by atoms with Gasteiger partial charge in [-0.1, -0.05) is 54.4 Å². The van der Waals surface area contributed by atoms with Crippen LogP contribution in [-0.2, 0) is 0 Å². The lowest BCUT2D eigenvalue weighted by molar-refractivity contribution is 0.0643. The molecule has 0 fully saturated rings. The van der Waals surface area contributed by atoms with E-state index in [1.54, 1.807) is 0 Å². The molecule has 0 rings (SSSR count). The van der Waals surface area contributed by atoms with E-state index in [-0.39, 0.29) is 55.7 Å². The van der Waals surface area contributed by atoms with Crippen LogP contribution < -0.4 is 0 Å². The molecule has 0 radical (unpaired) electrons. The van der Waals surface area contributed by atoms with Gasteiger partial charge in [-0.25, -0.2) is 0 Å². The second-order valence-electron chi connectivity index (χ2n) is 7.67. The SMILES string of the molecule is CCCCN(CCCC)CC(O)CN(CC(C)C)CC(C)C.Cl.Cl.Cl.Cl. The molecular formula is C19H46Cl4N2O. The van der Waals surface area contributed by atoms with Gasteiger partial charge in [-0.05, 0) is 37.8 Å². The smallest absolute Gasteiger partial charge is 0.0793 e. The van der Waals surface area contributed by atoms with Crippen molar-refractivity contribution in [3.05, 3.63) is 0 Å². The molecule has 0 aromatic carbocycles. The zero-order chi connectivity index (χ0) is 17.0. The molecule has 1 unspecified atom stereocenters. The lowest BCUT2D eigenvalue weighted by Gasteiger charge is -2.31. The predicted molar refractivity (Wildman–Crippen MR) is 127 cm³/mol. The third-order valence-electron chi connectivity index (χ3n) is 3.84. The van der Waals surface area contributed by atoms with Crippen LogP contribution in [0.3, 0.4) is 0 Å². The Labute approximate surface area is 188 Å². The van der Waals surface area contributed by atoms with E-state index in [0.29, 0.717) is 11.8 Å². The number of aliphatic hydroxyl groups excluding tert-OH is 1. The summed E-state index contributed by atoms with van der Waals surface area (Å²) >= 11 is 0. The van der Waals surface area contributed by atoms with E-state index < -0.39 is 0 Å². The van der Waals surface area contributed by atoms with E-state index in [9.17, 15) is 5.11 Å². The first-order valence-corrected chi connectivity index (χ1v) is 9.51. The molecule has 3 nitrogen and oxygen atoms in total. The number of rotatable bonds is 14. The van der Waals surface area contributed by atoms with Gasteiger partial charge in [0.2, 0.25) is 0 Å². The molecule has 0 aromatic rings. The van der Waals surface area contributed by atoms with Gasteiger partial charge in [0.1, 0.15) is 0 Å². The maximum atomic E-state index is 10.5. The predicted octanol–water partition coefficient (Wildman–Crippen LogP) is 5.55. The summed E-state index contributed by atoms with van der Waals surface area (Å²) in [6, 6.07) is 0. The Kier molecular flexibility index (Phi) is 35.0. The monoisotopic (exact) mass is 458 g/mol. The first-order valence-electron chi connectivity index (χ1n) is 9.51. The summed E-state index contributed by atoms with van der Waals surface area (Å²) in [7, 11) is 0. The summed E-state index contributed by atoms with van der Waals surface area (Å²) in [5.41, 5.74) is 0. The Morgan fingerprint density at radius 1 is 0.615 bits per heavy atom. The number of hydrogen-bond donors (Lipinski definition) is 1. The highest BCUT2D eigenvalue weighted by Crippen LogP contribution is 2.07. The van der Waals surface area contributed by atoms with Crippen LogP contribution in [0, 0.1) is 11.8 Å². The molecule has 26 heavy (non-hydrogen) atoms. The molecule has 0 bridgehead atoms. The number of hydrogen-bond acceptors (Lipinski definition) is 3. The third kappa shape index (κ3) is 23.1. The Morgan fingerprint density at radius 2 is 0.962 bits per heavy atom. The maximum Gasteiger partial charge on any atom is 0.0793 e. The van der Waals surface area contributed by atoms with Crippen molar-refractivity contribution in [2.45, 2.75) is 73.3 Å². The van der Waals surface area contributed by atoms with E-state index in [1.807, 2.05) is 0 Å². The summed E-state index contributed by atoms with van der Waals surface area (Å²) in [5.74, 6) is 1.31. The van der Waals surface area contributed by atoms with Crippen molar-refractivity contribution in [2.75, 3.05) is 39.3 Å². The highest BCUT2D eigenvalue weighted by molar-refractivity contribution is 5.86. The number of nitrogens with zero attached hydrogens (tertiary/aromatic N) is 2. The van der Waals surface area contributed by atoms with Crippen molar-refractivity contribution >= 4 is 49.6 Å². The van der Waals surface area contributed by atoms with E-state index in [0.717, 1.165) is 39.3 Å². The fourth-order valence-electron chi connectivity index (χ4n) is 2.97. The van der Waals surface area contributed by atoms with E-state index in [2.05, 4.69) is 51.3 Å². The van der Waals surface area contributed by atoms with Crippen molar-refractivity contribution < 1.29 is 5.11 Å². The van der Waals surface area contributed by atoms with Gasteiger partial charge in [-0.2, -0.15) is 0 Å². The second kappa shape index (κ2) is 24.1. The number of unbranched alkanes of at least 4 members (excludes halogenated alkanes) is 2. The standard InChI is InChI=1S/C19H42N2O.4ClH/c1-7-9-11-20(12-10-8-2)15-19(22)16-21(13-17(3)4)14-18(5)6;;;;/h17-19,22H,7-16H2,1-6H3;4*1H. The van der Waals surface area contributed by atoms with Crippen LogP contribution in [0.5, 0.6) is 0 Å². The molecule has 0 aromatic heterocycles. The number of halogens is 4. The van der Waals surface area contributed by atoms with Gasteiger partial charge >= 0.3 is 0 Å². The van der Waals surface area contributed by atoms with Crippen LogP contribution in [0.25, 0.3) is 0 Å². The minimum atomic E-state index is -0.230. The minimum absolute atomic E-state index is 0. The summed E-state index contributed by atoms with van der Waals surface area (Å²) in [6.45, 7) is 19.6. The van der Waals surface area contributed by atoms with Crippen molar-refractivity contribution in [3.8, 4) is 0 Å².